The number of rotatable bonds is 6. The zero-order chi connectivity index (χ0) is 25.3. The van der Waals surface area contributed by atoms with E-state index in [4.69, 9.17) is 23.4 Å². The Hall–Kier alpha value is -3.64. The number of aliphatic hydroxyl groups excluding tert-OH is 2. The zero-order valence-corrected chi connectivity index (χ0v) is 19.0. The number of ether oxygens (including phenoxy) is 5. The van der Waals surface area contributed by atoms with Gasteiger partial charge in [0.2, 0.25) is 6.29 Å². The second kappa shape index (κ2) is 9.92. The van der Waals surface area contributed by atoms with Gasteiger partial charge in [0.1, 0.15) is 52.3 Å². The molecule has 11 nitrogen and oxygen atoms in total. The van der Waals surface area contributed by atoms with E-state index in [0.717, 1.165) is 13.2 Å². The lowest BCUT2D eigenvalue weighted by Crippen LogP contribution is -2.61. The van der Waals surface area contributed by atoms with Crippen LogP contribution in [-0.4, -0.2) is 73.3 Å². The quantitative estimate of drug-likeness (QED) is 0.429. The summed E-state index contributed by atoms with van der Waals surface area (Å²) >= 11 is 0. The molecule has 1 fully saturated rings. The molecule has 35 heavy (non-hydrogen) atoms. The van der Waals surface area contributed by atoms with E-state index in [2.05, 4.69) is 4.74 Å². The molecule has 4 rings (SSSR count). The van der Waals surface area contributed by atoms with Gasteiger partial charge in [0.25, 0.3) is 0 Å². The largest absolute Gasteiger partial charge is 0.507 e. The highest BCUT2D eigenvalue weighted by atomic mass is 16.7. The third-order valence-electron chi connectivity index (χ3n) is 5.66. The molecule has 1 aliphatic heterocycles. The van der Waals surface area contributed by atoms with E-state index in [9.17, 15) is 24.9 Å². The molecule has 0 bridgehead atoms. The summed E-state index contributed by atoms with van der Waals surface area (Å²) in [5, 5.41) is 31.2. The average Bonchev–Trinajstić information content (AvgIpc) is 2.85. The highest BCUT2D eigenvalue weighted by Crippen LogP contribution is 2.33. The maximum Gasteiger partial charge on any atom is 0.338 e. The summed E-state index contributed by atoms with van der Waals surface area (Å²) in [5.41, 5.74) is 0.110. The molecule has 0 aliphatic carbocycles. The number of aromatic hydroxyl groups is 1. The van der Waals surface area contributed by atoms with Crippen LogP contribution in [0, 0.1) is 0 Å². The third kappa shape index (κ3) is 4.66. The van der Waals surface area contributed by atoms with Gasteiger partial charge in [-0.2, -0.15) is 0 Å². The van der Waals surface area contributed by atoms with Gasteiger partial charge < -0.3 is 43.4 Å². The molecule has 5 atom stereocenters. The molecular weight excluding hydrogens is 464 g/mol. The molecule has 2 aromatic carbocycles. The van der Waals surface area contributed by atoms with Crippen molar-refractivity contribution in [2.24, 2.45) is 0 Å². The van der Waals surface area contributed by atoms with Crippen molar-refractivity contribution in [2.45, 2.75) is 30.7 Å². The van der Waals surface area contributed by atoms with Gasteiger partial charge in [-0.3, -0.25) is 4.79 Å². The van der Waals surface area contributed by atoms with E-state index >= 15 is 0 Å². The molecule has 0 radical (unpaired) electrons. The van der Waals surface area contributed by atoms with Crippen LogP contribution >= 0.6 is 0 Å². The molecule has 0 amide bonds. The molecule has 1 aliphatic rings. The molecule has 0 spiro atoms. The highest BCUT2D eigenvalue weighted by molar-refractivity contribution is 5.86. The van der Waals surface area contributed by atoms with E-state index in [0.29, 0.717) is 11.3 Å². The summed E-state index contributed by atoms with van der Waals surface area (Å²) in [6.07, 6.45) is -7.28. The Morgan fingerprint density at radius 1 is 0.971 bits per heavy atom. The molecule has 3 aromatic rings. The molecule has 3 N–H and O–H groups in total. The lowest BCUT2D eigenvalue weighted by Gasteiger charge is -2.40. The van der Waals surface area contributed by atoms with Crippen LogP contribution in [0.25, 0.3) is 22.3 Å². The minimum Gasteiger partial charge on any atom is -0.507 e. The first-order valence-electron chi connectivity index (χ1n) is 10.5. The minimum absolute atomic E-state index is 0.00320. The van der Waals surface area contributed by atoms with Crippen molar-refractivity contribution >= 4 is 16.9 Å². The maximum absolute atomic E-state index is 12.7. The number of phenols is 1. The summed E-state index contributed by atoms with van der Waals surface area (Å²) < 4.78 is 31.9. The number of fused-ring (bicyclic) bond motifs is 1. The van der Waals surface area contributed by atoms with Crippen LogP contribution in [0.4, 0.5) is 0 Å². The fourth-order valence-electron chi connectivity index (χ4n) is 3.85. The number of aliphatic hydroxyl groups is 2. The average molecular weight is 488 g/mol. The Balaban J connectivity index is 1.68. The van der Waals surface area contributed by atoms with Gasteiger partial charge in [-0.1, -0.05) is 0 Å². The number of carbonyl (C=O) groups excluding carboxylic acids is 1. The molecule has 0 unspecified atom stereocenters. The fourth-order valence-corrected chi connectivity index (χ4v) is 3.85. The SMILES string of the molecule is COC(=O)[C@H]1O[C@@H](Oc2cc(O)c3c(=O)cc(-c4ccc(OC)cc4)oc3c2)[C@H](O)[C@@H](O)[C@@H]1OC. The Labute approximate surface area is 199 Å². The van der Waals surface area contributed by atoms with Crippen LogP contribution < -0.4 is 14.9 Å². The molecule has 1 aromatic heterocycles. The number of hydrogen-bond donors (Lipinski definition) is 3. The molecule has 0 saturated carbocycles. The van der Waals surface area contributed by atoms with Crippen molar-refractivity contribution in [3.05, 3.63) is 52.7 Å². The van der Waals surface area contributed by atoms with Crippen molar-refractivity contribution < 1.29 is 48.2 Å². The van der Waals surface area contributed by atoms with Gasteiger partial charge in [-0.15, -0.1) is 0 Å². The summed E-state index contributed by atoms with van der Waals surface area (Å²) in [4.78, 5) is 24.8. The van der Waals surface area contributed by atoms with Gasteiger partial charge in [0.15, 0.2) is 11.5 Å². The smallest absolute Gasteiger partial charge is 0.338 e. The first-order chi connectivity index (χ1) is 16.8. The monoisotopic (exact) mass is 488 g/mol. The van der Waals surface area contributed by atoms with Gasteiger partial charge in [-0.05, 0) is 24.3 Å². The molecule has 2 heterocycles. The minimum atomic E-state index is -1.61. The van der Waals surface area contributed by atoms with Crippen LogP contribution in [0.1, 0.15) is 0 Å². The van der Waals surface area contributed by atoms with Crippen molar-refractivity contribution in [1.82, 2.24) is 0 Å². The molecule has 11 heteroatoms. The van der Waals surface area contributed by atoms with Crippen molar-refractivity contribution in [3.8, 4) is 28.6 Å². The van der Waals surface area contributed by atoms with E-state index in [1.807, 2.05) is 0 Å². The number of esters is 1. The van der Waals surface area contributed by atoms with Crippen molar-refractivity contribution in [2.75, 3.05) is 21.3 Å². The number of hydrogen-bond acceptors (Lipinski definition) is 11. The number of benzene rings is 2. The maximum atomic E-state index is 12.7. The van der Waals surface area contributed by atoms with Gasteiger partial charge in [0, 0.05) is 30.9 Å². The Kier molecular flexibility index (Phi) is 6.94. The van der Waals surface area contributed by atoms with Crippen LogP contribution in [0.3, 0.4) is 0 Å². The summed E-state index contributed by atoms with van der Waals surface area (Å²) in [5.74, 6) is -0.467. The van der Waals surface area contributed by atoms with Gasteiger partial charge in [0.05, 0.1) is 14.2 Å². The van der Waals surface area contributed by atoms with Crippen LogP contribution in [0.15, 0.2) is 51.7 Å². The highest BCUT2D eigenvalue weighted by Gasteiger charge is 2.49. The predicted molar refractivity (Wildman–Crippen MR) is 120 cm³/mol. The van der Waals surface area contributed by atoms with Crippen molar-refractivity contribution in [1.29, 1.82) is 0 Å². The van der Waals surface area contributed by atoms with Gasteiger partial charge >= 0.3 is 5.97 Å². The van der Waals surface area contributed by atoms with E-state index in [-0.39, 0.29) is 22.5 Å². The predicted octanol–water partition coefficient (Wildman–Crippen LogP) is 1.19. The zero-order valence-electron chi connectivity index (χ0n) is 19.0. The first-order valence-corrected chi connectivity index (χ1v) is 10.5. The Morgan fingerprint density at radius 2 is 1.69 bits per heavy atom. The molecular formula is C24H24O11. The van der Waals surface area contributed by atoms with Crippen LogP contribution in [0.2, 0.25) is 0 Å². The summed E-state index contributed by atoms with van der Waals surface area (Å²) in [6, 6.07) is 10.5. The van der Waals surface area contributed by atoms with Gasteiger partial charge in [-0.25, -0.2) is 4.79 Å². The Bertz CT molecular complexity index is 1270. The summed E-state index contributed by atoms with van der Waals surface area (Å²) in [7, 11) is 3.91. The van der Waals surface area contributed by atoms with Crippen LogP contribution in [0.5, 0.6) is 17.2 Å². The molecule has 186 valence electrons. The van der Waals surface area contributed by atoms with E-state index in [1.54, 1.807) is 24.3 Å². The fraction of sp³-hybridized carbons (Fsp3) is 0.333. The van der Waals surface area contributed by atoms with E-state index < -0.39 is 47.9 Å². The number of phenolic OH excluding ortho intramolecular Hbond substituents is 1. The lowest BCUT2D eigenvalue weighted by atomic mass is 9.98. The second-order valence-electron chi connectivity index (χ2n) is 7.77. The lowest BCUT2D eigenvalue weighted by molar-refractivity contribution is -0.276. The third-order valence-corrected chi connectivity index (χ3v) is 5.66. The topological polar surface area (TPSA) is 154 Å². The van der Waals surface area contributed by atoms with Crippen molar-refractivity contribution in [3.63, 3.8) is 0 Å². The number of carbonyl (C=O) groups is 1. The van der Waals surface area contributed by atoms with Crippen LogP contribution in [-0.2, 0) is 19.0 Å². The Morgan fingerprint density at radius 3 is 2.31 bits per heavy atom. The summed E-state index contributed by atoms with van der Waals surface area (Å²) in [6.45, 7) is 0. The first kappa shape index (κ1) is 24.5. The number of methoxy groups -OCH3 is 3. The standard InChI is InChI=1S/C24H24O11/c1-30-12-6-4-11(5-7-12)16-10-15(26)18-14(25)8-13(9-17(18)34-16)33-24-20(28)19(27)21(31-2)22(35-24)23(29)32-3/h4-10,19-22,24-25,27-28H,1-3H3/t19-,20-,21+,22+,24-/m1/s1. The molecule has 1 saturated heterocycles. The van der Waals surface area contributed by atoms with E-state index in [1.165, 1.54) is 26.4 Å². The normalized spacial score (nSPS) is 24.2. The second-order valence-corrected chi connectivity index (χ2v) is 7.77.